The normalized spacial score (nSPS) is 16.1. The van der Waals surface area contributed by atoms with Crippen LogP contribution in [0.25, 0.3) is 0 Å². The van der Waals surface area contributed by atoms with Gasteiger partial charge in [0.25, 0.3) is 0 Å². The van der Waals surface area contributed by atoms with Crippen LogP contribution in [0, 0.1) is 0 Å². The quantitative estimate of drug-likeness (QED) is 0.835. The van der Waals surface area contributed by atoms with Crippen LogP contribution in [0.5, 0.6) is 0 Å². The van der Waals surface area contributed by atoms with E-state index in [1.165, 1.54) is 18.4 Å². The topological polar surface area (TPSA) is 42.7 Å². The molecule has 1 unspecified atom stereocenters. The second kappa shape index (κ2) is 6.71. The van der Waals surface area contributed by atoms with Gasteiger partial charge in [-0.3, -0.25) is 4.68 Å². The van der Waals surface area contributed by atoms with Gasteiger partial charge in [0, 0.05) is 35.9 Å². The Balaban J connectivity index is 1.75. The van der Waals surface area contributed by atoms with Crippen LogP contribution in [0.2, 0.25) is 0 Å². The van der Waals surface area contributed by atoms with E-state index in [1.54, 1.807) is 6.33 Å². The average Bonchev–Trinajstić information content (AvgIpc) is 3.22. The minimum absolute atomic E-state index is 0.438. The van der Waals surface area contributed by atoms with E-state index in [4.69, 9.17) is 0 Å². The van der Waals surface area contributed by atoms with Crippen molar-refractivity contribution < 1.29 is 0 Å². The van der Waals surface area contributed by atoms with Crippen LogP contribution in [0.15, 0.2) is 35.1 Å². The van der Waals surface area contributed by atoms with Crippen molar-refractivity contribution in [3.05, 3.63) is 46.5 Å². The first-order chi connectivity index (χ1) is 10.3. The van der Waals surface area contributed by atoms with Gasteiger partial charge in [0.1, 0.15) is 12.2 Å². The lowest BCUT2D eigenvalue weighted by Gasteiger charge is -2.18. The summed E-state index contributed by atoms with van der Waals surface area (Å²) in [5, 5.41) is 7.93. The Morgan fingerprint density at radius 2 is 2.10 bits per heavy atom. The maximum Gasteiger partial charge on any atom is 0.138 e. The van der Waals surface area contributed by atoms with Crippen LogP contribution in [0.3, 0.4) is 0 Å². The fourth-order valence-electron chi connectivity index (χ4n) is 2.57. The molecule has 1 aromatic heterocycles. The van der Waals surface area contributed by atoms with Crippen molar-refractivity contribution >= 4 is 15.9 Å². The van der Waals surface area contributed by atoms with Gasteiger partial charge in [0.15, 0.2) is 0 Å². The summed E-state index contributed by atoms with van der Waals surface area (Å²) in [4.78, 5) is 4.43. The Morgan fingerprint density at radius 1 is 1.33 bits per heavy atom. The van der Waals surface area contributed by atoms with Crippen molar-refractivity contribution in [1.82, 2.24) is 20.1 Å². The first-order valence-corrected chi connectivity index (χ1v) is 8.41. The number of aryl methyl sites for hydroxylation is 1. The summed E-state index contributed by atoms with van der Waals surface area (Å²) < 4.78 is 3.11. The summed E-state index contributed by atoms with van der Waals surface area (Å²) in [5.74, 6) is 1.51. The zero-order valence-corrected chi connectivity index (χ0v) is 13.9. The lowest BCUT2D eigenvalue weighted by molar-refractivity contribution is 0.535. The first-order valence-electron chi connectivity index (χ1n) is 7.61. The van der Waals surface area contributed by atoms with Crippen LogP contribution in [-0.2, 0) is 13.0 Å². The molecular weight excluding hydrogens is 328 g/mol. The van der Waals surface area contributed by atoms with Crippen molar-refractivity contribution in [2.75, 3.05) is 6.54 Å². The Kier molecular flexibility index (Phi) is 4.70. The summed E-state index contributed by atoms with van der Waals surface area (Å²) in [7, 11) is 0. The Labute approximate surface area is 134 Å². The lowest BCUT2D eigenvalue weighted by atomic mass is 9.95. The van der Waals surface area contributed by atoms with Gasteiger partial charge in [0.05, 0.1) is 0 Å². The van der Waals surface area contributed by atoms with E-state index in [-0.39, 0.29) is 0 Å². The van der Waals surface area contributed by atoms with Crippen LogP contribution in [0.4, 0.5) is 0 Å². The monoisotopic (exact) mass is 348 g/mol. The van der Waals surface area contributed by atoms with E-state index in [0.29, 0.717) is 5.92 Å². The number of halogens is 1. The molecular formula is C16H21BrN4. The fraction of sp³-hybridized carbons (Fsp3) is 0.500. The third kappa shape index (κ3) is 3.92. The molecule has 21 heavy (non-hydrogen) atoms. The van der Waals surface area contributed by atoms with Crippen molar-refractivity contribution in [2.24, 2.45) is 0 Å². The van der Waals surface area contributed by atoms with Gasteiger partial charge in [-0.1, -0.05) is 28.1 Å². The molecule has 1 heterocycles. The van der Waals surface area contributed by atoms with Crippen LogP contribution in [-0.4, -0.2) is 27.4 Å². The van der Waals surface area contributed by atoms with Crippen LogP contribution < -0.4 is 5.32 Å². The van der Waals surface area contributed by atoms with Crippen molar-refractivity contribution in [1.29, 1.82) is 0 Å². The molecule has 1 N–H and O–H groups in total. The van der Waals surface area contributed by atoms with E-state index >= 15 is 0 Å². The molecule has 1 aliphatic carbocycles. The van der Waals surface area contributed by atoms with Gasteiger partial charge in [-0.15, -0.1) is 0 Å². The lowest BCUT2D eigenvalue weighted by Crippen LogP contribution is -2.25. The maximum absolute atomic E-state index is 4.43. The maximum atomic E-state index is 4.43. The second-order valence-corrected chi connectivity index (χ2v) is 6.54. The molecule has 0 aliphatic heterocycles. The highest BCUT2D eigenvalue weighted by Gasteiger charge is 2.23. The van der Waals surface area contributed by atoms with Gasteiger partial charge in [0.2, 0.25) is 0 Å². The molecule has 1 fully saturated rings. The van der Waals surface area contributed by atoms with E-state index in [0.717, 1.165) is 35.8 Å². The molecule has 0 saturated heterocycles. The standard InChI is InChI=1S/C16H21BrN4/c1-2-21-16(19-11-20-21)9-13(10-18-15-7-8-15)12-3-5-14(17)6-4-12/h3-6,11,13,15,18H,2,7-10H2,1H3. The van der Waals surface area contributed by atoms with Gasteiger partial charge in [-0.2, -0.15) is 5.10 Å². The Hall–Kier alpha value is -1.20. The SMILES string of the molecule is CCn1ncnc1CC(CNC1CC1)c1ccc(Br)cc1. The zero-order valence-electron chi connectivity index (χ0n) is 12.3. The van der Waals surface area contributed by atoms with Crippen LogP contribution in [0.1, 0.15) is 37.1 Å². The summed E-state index contributed by atoms with van der Waals surface area (Å²) in [6.07, 6.45) is 5.22. The molecule has 1 atom stereocenters. The molecule has 3 rings (SSSR count). The fourth-order valence-corrected chi connectivity index (χ4v) is 2.83. The number of rotatable bonds is 7. The predicted molar refractivity (Wildman–Crippen MR) is 87.3 cm³/mol. The smallest absolute Gasteiger partial charge is 0.138 e. The number of hydrogen-bond donors (Lipinski definition) is 1. The zero-order chi connectivity index (χ0) is 14.7. The highest BCUT2D eigenvalue weighted by atomic mass is 79.9. The van der Waals surface area contributed by atoms with Gasteiger partial charge in [-0.05, 0) is 37.5 Å². The number of aromatic nitrogens is 3. The molecule has 5 heteroatoms. The third-order valence-electron chi connectivity index (χ3n) is 4.00. The molecule has 0 bridgehead atoms. The summed E-state index contributed by atoms with van der Waals surface area (Å²) in [6, 6.07) is 9.37. The largest absolute Gasteiger partial charge is 0.313 e. The van der Waals surface area contributed by atoms with E-state index in [1.807, 2.05) is 4.68 Å². The Bertz CT molecular complexity index is 574. The van der Waals surface area contributed by atoms with E-state index < -0.39 is 0 Å². The van der Waals surface area contributed by atoms with Crippen molar-refractivity contribution in [2.45, 2.75) is 44.7 Å². The molecule has 2 aromatic rings. The Morgan fingerprint density at radius 3 is 2.76 bits per heavy atom. The minimum Gasteiger partial charge on any atom is -0.313 e. The number of nitrogens with zero attached hydrogens (tertiary/aromatic N) is 3. The van der Waals surface area contributed by atoms with E-state index in [9.17, 15) is 0 Å². The first kappa shape index (κ1) is 14.7. The molecule has 1 aliphatic rings. The molecule has 0 radical (unpaired) electrons. The molecule has 0 spiro atoms. The highest BCUT2D eigenvalue weighted by molar-refractivity contribution is 9.10. The summed E-state index contributed by atoms with van der Waals surface area (Å²) >= 11 is 3.51. The van der Waals surface area contributed by atoms with Crippen molar-refractivity contribution in [3.8, 4) is 0 Å². The van der Waals surface area contributed by atoms with Gasteiger partial charge < -0.3 is 5.32 Å². The third-order valence-corrected chi connectivity index (χ3v) is 4.52. The molecule has 0 amide bonds. The van der Waals surface area contributed by atoms with E-state index in [2.05, 4.69) is 62.5 Å². The molecule has 1 aromatic carbocycles. The molecule has 112 valence electrons. The second-order valence-electron chi connectivity index (χ2n) is 5.63. The summed E-state index contributed by atoms with van der Waals surface area (Å²) in [5.41, 5.74) is 1.36. The number of benzene rings is 1. The van der Waals surface area contributed by atoms with Crippen LogP contribution >= 0.6 is 15.9 Å². The average molecular weight is 349 g/mol. The van der Waals surface area contributed by atoms with Crippen molar-refractivity contribution in [3.63, 3.8) is 0 Å². The molecule has 4 nitrogen and oxygen atoms in total. The summed E-state index contributed by atoms with van der Waals surface area (Å²) in [6.45, 7) is 3.98. The molecule has 1 saturated carbocycles. The van der Waals surface area contributed by atoms with Gasteiger partial charge in [-0.25, -0.2) is 4.98 Å². The highest BCUT2D eigenvalue weighted by Crippen LogP contribution is 2.24. The number of hydrogen-bond acceptors (Lipinski definition) is 3. The number of nitrogens with one attached hydrogen (secondary N) is 1. The predicted octanol–water partition coefficient (Wildman–Crippen LogP) is 3.14. The van der Waals surface area contributed by atoms with Gasteiger partial charge >= 0.3 is 0 Å². The minimum atomic E-state index is 0.438.